The number of nitrogens with one attached hydrogen (secondary N) is 1. The zero-order valence-electron chi connectivity index (χ0n) is 10.4. The summed E-state index contributed by atoms with van der Waals surface area (Å²) < 4.78 is 15.6. The van der Waals surface area contributed by atoms with Gasteiger partial charge in [-0.25, -0.2) is 4.79 Å². The highest BCUT2D eigenvalue weighted by Gasteiger charge is 2.14. The van der Waals surface area contributed by atoms with Crippen molar-refractivity contribution in [2.45, 2.75) is 6.61 Å². The van der Waals surface area contributed by atoms with Crippen LogP contribution in [0.25, 0.3) is 0 Å². The van der Waals surface area contributed by atoms with Gasteiger partial charge in [0.05, 0.1) is 0 Å². The zero-order valence-corrected chi connectivity index (χ0v) is 10.4. The lowest BCUT2D eigenvalue weighted by Gasteiger charge is -2.05. The minimum Gasteiger partial charge on any atom is -0.456 e. The molecule has 0 saturated heterocycles. The fourth-order valence-electron chi connectivity index (χ4n) is 1.82. The molecule has 0 atom stereocenters. The maximum Gasteiger partial charge on any atom is 0.355 e. The molecule has 102 valence electrons. The van der Waals surface area contributed by atoms with E-state index < -0.39 is 5.97 Å². The first-order valence-corrected chi connectivity index (χ1v) is 5.97. The predicted octanol–water partition coefficient (Wildman–Crippen LogP) is 1.46. The first-order chi connectivity index (χ1) is 9.72. The molecule has 0 radical (unpaired) electrons. The van der Waals surface area contributed by atoms with Crippen molar-refractivity contribution in [3.05, 3.63) is 58.0 Å². The maximum absolute atomic E-state index is 11.8. The molecule has 1 aromatic carbocycles. The van der Waals surface area contributed by atoms with Crippen LogP contribution >= 0.6 is 0 Å². The molecule has 0 aliphatic carbocycles. The molecule has 1 N–H and O–H groups in total. The second-order valence-electron chi connectivity index (χ2n) is 4.19. The number of H-pyrrole nitrogens is 1. The van der Waals surface area contributed by atoms with Crippen molar-refractivity contribution in [1.82, 2.24) is 4.98 Å². The summed E-state index contributed by atoms with van der Waals surface area (Å²) in [7, 11) is 0. The molecule has 20 heavy (non-hydrogen) atoms. The van der Waals surface area contributed by atoms with E-state index >= 15 is 0 Å². The van der Waals surface area contributed by atoms with Crippen molar-refractivity contribution in [2.24, 2.45) is 0 Å². The molecule has 0 unspecified atom stereocenters. The number of esters is 1. The van der Waals surface area contributed by atoms with Crippen LogP contribution in [0.2, 0.25) is 0 Å². The summed E-state index contributed by atoms with van der Waals surface area (Å²) >= 11 is 0. The summed E-state index contributed by atoms with van der Waals surface area (Å²) in [6.45, 7) is 0.288. The van der Waals surface area contributed by atoms with E-state index in [9.17, 15) is 9.59 Å². The molecule has 1 aromatic heterocycles. The average Bonchev–Trinajstić information content (AvgIpc) is 2.92. The predicted molar refractivity (Wildman–Crippen MR) is 68.7 cm³/mol. The number of aromatic nitrogens is 1. The first-order valence-electron chi connectivity index (χ1n) is 5.97. The molecule has 1 aliphatic rings. The summed E-state index contributed by atoms with van der Waals surface area (Å²) in [4.78, 5) is 25.3. The largest absolute Gasteiger partial charge is 0.456 e. The minimum absolute atomic E-state index is 0.0897. The Morgan fingerprint density at radius 2 is 2.05 bits per heavy atom. The second-order valence-corrected chi connectivity index (χ2v) is 4.19. The van der Waals surface area contributed by atoms with Gasteiger partial charge in [-0.2, -0.15) is 0 Å². The van der Waals surface area contributed by atoms with Crippen LogP contribution in [0, 0.1) is 0 Å². The second kappa shape index (κ2) is 5.08. The third kappa shape index (κ3) is 2.49. The van der Waals surface area contributed by atoms with Gasteiger partial charge in [-0.15, -0.1) is 0 Å². The monoisotopic (exact) mass is 273 g/mol. The Kier molecular flexibility index (Phi) is 3.12. The molecule has 0 saturated carbocycles. The van der Waals surface area contributed by atoms with Crippen LogP contribution in [0.5, 0.6) is 11.5 Å². The highest BCUT2D eigenvalue weighted by Crippen LogP contribution is 2.32. The van der Waals surface area contributed by atoms with Gasteiger partial charge in [-0.3, -0.25) is 4.79 Å². The van der Waals surface area contributed by atoms with Crippen molar-refractivity contribution < 1.29 is 19.0 Å². The molecular formula is C14H11NO5. The van der Waals surface area contributed by atoms with E-state index in [1.54, 1.807) is 18.2 Å². The van der Waals surface area contributed by atoms with Crippen molar-refractivity contribution in [2.75, 3.05) is 6.79 Å². The van der Waals surface area contributed by atoms with Crippen LogP contribution in [-0.2, 0) is 11.3 Å². The van der Waals surface area contributed by atoms with E-state index in [2.05, 4.69) is 4.98 Å². The lowest BCUT2D eigenvalue weighted by molar-refractivity contribution is 0.0465. The number of hydrogen-bond donors (Lipinski definition) is 1. The van der Waals surface area contributed by atoms with Crippen LogP contribution in [0.1, 0.15) is 16.1 Å². The van der Waals surface area contributed by atoms with Gasteiger partial charge in [0, 0.05) is 6.07 Å². The van der Waals surface area contributed by atoms with Gasteiger partial charge >= 0.3 is 5.97 Å². The maximum atomic E-state index is 11.8. The molecule has 0 bridgehead atoms. The number of hydrogen-bond acceptors (Lipinski definition) is 5. The van der Waals surface area contributed by atoms with E-state index in [-0.39, 0.29) is 24.7 Å². The van der Waals surface area contributed by atoms with Crippen LogP contribution < -0.4 is 15.0 Å². The van der Waals surface area contributed by atoms with Crippen molar-refractivity contribution in [3.8, 4) is 11.5 Å². The van der Waals surface area contributed by atoms with Crippen molar-refractivity contribution in [1.29, 1.82) is 0 Å². The Bertz CT molecular complexity index is 707. The Labute approximate surface area is 113 Å². The number of carbonyl (C=O) groups excluding carboxylic acids is 1. The fraction of sp³-hybridized carbons (Fsp3) is 0.143. The number of ether oxygens (including phenoxy) is 3. The van der Waals surface area contributed by atoms with Gasteiger partial charge in [0.25, 0.3) is 0 Å². The average molecular weight is 273 g/mol. The van der Waals surface area contributed by atoms with Crippen LogP contribution in [0.4, 0.5) is 0 Å². The molecule has 0 spiro atoms. The van der Waals surface area contributed by atoms with E-state index in [1.807, 2.05) is 0 Å². The van der Waals surface area contributed by atoms with Gasteiger partial charge in [-0.05, 0) is 23.8 Å². The lowest BCUT2D eigenvalue weighted by Crippen LogP contribution is -2.13. The van der Waals surface area contributed by atoms with E-state index in [1.165, 1.54) is 18.2 Å². The van der Waals surface area contributed by atoms with E-state index in [4.69, 9.17) is 14.2 Å². The van der Waals surface area contributed by atoms with E-state index in [0.29, 0.717) is 11.5 Å². The number of benzene rings is 1. The van der Waals surface area contributed by atoms with E-state index in [0.717, 1.165) is 5.56 Å². The Hall–Kier alpha value is -2.76. The Morgan fingerprint density at radius 3 is 2.90 bits per heavy atom. The molecule has 3 rings (SSSR count). The molecule has 0 fully saturated rings. The highest BCUT2D eigenvalue weighted by atomic mass is 16.7. The number of carbonyl (C=O) groups is 1. The normalized spacial score (nSPS) is 12.2. The van der Waals surface area contributed by atoms with Crippen LogP contribution in [0.15, 0.2) is 41.2 Å². The highest BCUT2D eigenvalue weighted by molar-refractivity contribution is 5.87. The number of aromatic amines is 1. The van der Waals surface area contributed by atoms with Crippen LogP contribution in [0.3, 0.4) is 0 Å². The summed E-state index contributed by atoms with van der Waals surface area (Å²) in [6, 6.07) is 9.61. The quantitative estimate of drug-likeness (QED) is 0.857. The zero-order chi connectivity index (χ0) is 13.9. The number of rotatable bonds is 3. The molecule has 2 heterocycles. The topological polar surface area (TPSA) is 77.6 Å². The van der Waals surface area contributed by atoms with Gasteiger partial charge in [0.1, 0.15) is 12.3 Å². The summed E-state index contributed by atoms with van der Waals surface area (Å²) in [5.41, 5.74) is 0.557. The molecule has 2 aromatic rings. The van der Waals surface area contributed by atoms with Gasteiger partial charge in [0.15, 0.2) is 11.5 Å². The van der Waals surface area contributed by atoms with Gasteiger partial charge in [0.2, 0.25) is 12.4 Å². The minimum atomic E-state index is -0.583. The number of pyridine rings is 1. The summed E-state index contributed by atoms with van der Waals surface area (Å²) in [5.74, 6) is 0.722. The summed E-state index contributed by atoms with van der Waals surface area (Å²) in [5, 5.41) is 0. The van der Waals surface area contributed by atoms with Gasteiger partial charge in [-0.1, -0.05) is 12.1 Å². The molecule has 6 nitrogen and oxygen atoms in total. The Balaban J connectivity index is 1.67. The lowest BCUT2D eigenvalue weighted by atomic mass is 10.2. The summed E-state index contributed by atoms with van der Waals surface area (Å²) in [6.07, 6.45) is 0. The third-order valence-corrected chi connectivity index (χ3v) is 2.80. The van der Waals surface area contributed by atoms with Crippen molar-refractivity contribution >= 4 is 5.97 Å². The molecule has 0 amide bonds. The molecule has 6 heteroatoms. The molecular weight excluding hydrogens is 262 g/mol. The number of fused-ring (bicyclic) bond motifs is 1. The van der Waals surface area contributed by atoms with Crippen LogP contribution in [-0.4, -0.2) is 17.7 Å². The van der Waals surface area contributed by atoms with Gasteiger partial charge < -0.3 is 19.2 Å². The Morgan fingerprint density at radius 1 is 1.20 bits per heavy atom. The molecule has 1 aliphatic heterocycles. The third-order valence-electron chi connectivity index (χ3n) is 2.80. The SMILES string of the molecule is O=C(OCc1ccc2c(c1)OCO2)c1cccc(=O)[nH]1. The van der Waals surface area contributed by atoms with Crippen molar-refractivity contribution in [3.63, 3.8) is 0 Å². The smallest absolute Gasteiger partial charge is 0.355 e. The fourth-order valence-corrected chi connectivity index (χ4v) is 1.82. The standard InChI is InChI=1S/C14H11NO5/c16-13-3-1-2-10(15-13)14(17)18-7-9-4-5-11-12(6-9)20-8-19-11/h1-6H,7-8H2,(H,15,16). The first kappa shape index (κ1) is 12.3.